The highest BCUT2D eigenvalue weighted by atomic mass is 35.5. The number of alkyl halides is 1. The predicted molar refractivity (Wildman–Crippen MR) is 99.0 cm³/mol. The summed E-state index contributed by atoms with van der Waals surface area (Å²) in [4.78, 5) is 24.8. The summed E-state index contributed by atoms with van der Waals surface area (Å²) in [6.07, 6.45) is 0.867. The molecule has 5 nitrogen and oxygen atoms in total. The summed E-state index contributed by atoms with van der Waals surface area (Å²) < 4.78 is 13.9. The Hall–Kier alpha value is -2.12. The number of hydrogen-bond donors (Lipinski definition) is 1. The molecule has 0 unspecified atom stereocenters. The van der Waals surface area contributed by atoms with E-state index in [4.69, 9.17) is 0 Å². The third kappa shape index (κ3) is 3.34. The van der Waals surface area contributed by atoms with Gasteiger partial charge in [0.15, 0.2) is 5.13 Å². The van der Waals surface area contributed by atoms with Crippen LogP contribution < -0.4 is 5.32 Å². The highest BCUT2D eigenvalue weighted by molar-refractivity contribution is 7.22. The maximum Gasteiger partial charge on any atom is 0.232 e. The highest BCUT2D eigenvalue weighted by Gasteiger charge is 2.43. The zero-order valence-electron chi connectivity index (χ0n) is 13.6. The van der Waals surface area contributed by atoms with E-state index in [2.05, 4.69) is 20.3 Å². The maximum absolute atomic E-state index is 13.0. The molecule has 2 atom stereocenters. The van der Waals surface area contributed by atoms with Gasteiger partial charge in [0.25, 0.3) is 0 Å². The van der Waals surface area contributed by atoms with Crippen molar-refractivity contribution < 1.29 is 9.18 Å². The number of carbonyl (C=O) groups excluding carboxylic acids is 1. The molecule has 0 spiro atoms. The van der Waals surface area contributed by atoms with E-state index in [0.29, 0.717) is 11.6 Å². The van der Waals surface area contributed by atoms with Crippen LogP contribution in [-0.4, -0.2) is 27.0 Å². The smallest absolute Gasteiger partial charge is 0.232 e. The van der Waals surface area contributed by atoms with E-state index in [9.17, 15) is 9.18 Å². The van der Waals surface area contributed by atoms with Crippen LogP contribution in [0.4, 0.5) is 9.52 Å². The Bertz CT molecular complexity index is 941. The van der Waals surface area contributed by atoms with E-state index in [1.165, 1.54) is 11.3 Å². The lowest BCUT2D eigenvalue weighted by molar-refractivity contribution is -0.117. The van der Waals surface area contributed by atoms with Crippen molar-refractivity contribution in [3.63, 3.8) is 0 Å². The summed E-state index contributed by atoms with van der Waals surface area (Å²) in [5, 5.41) is 3.21. The number of anilines is 1. The number of benzene rings is 1. The van der Waals surface area contributed by atoms with Crippen molar-refractivity contribution in [1.82, 2.24) is 15.0 Å². The van der Waals surface area contributed by atoms with Gasteiger partial charge < -0.3 is 5.32 Å². The average Bonchev–Trinajstić information content (AvgIpc) is 3.13. The Morgan fingerprint density at radius 1 is 1.28 bits per heavy atom. The molecule has 25 heavy (non-hydrogen) atoms. The zero-order valence-corrected chi connectivity index (χ0v) is 15.2. The van der Waals surface area contributed by atoms with Gasteiger partial charge in [-0.2, -0.15) is 0 Å². The number of aromatic nitrogens is 3. The Morgan fingerprint density at radius 3 is 2.60 bits per heavy atom. The molecule has 3 aromatic rings. The van der Waals surface area contributed by atoms with Gasteiger partial charge in [-0.05, 0) is 38.0 Å². The number of nitrogens with one attached hydrogen (secondary N) is 1. The fourth-order valence-corrected chi connectivity index (χ4v) is 3.69. The first-order valence-electron chi connectivity index (χ1n) is 7.67. The average molecular weight is 379 g/mol. The molecule has 1 aromatic carbocycles. The van der Waals surface area contributed by atoms with Crippen LogP contribution in [0.15, 0.2) is 24.5 Å². The van der Waals surface area contributed by atoms with Crippen LogP contribution in [-0.2, 0) is 4.79 Å². The van der Waals surface area contributed by atoms with Gasteiger partial charge in [-0.1, -0.05) is 17.4 Å². The van der Waals surface area contributed by atoms with Crippen molar-refractivity contribution in [3.05, 3.63) is 35.9 Å². The summed E-state index contributed by atoms with van der Waals surface area (Å²) in [6.45, 7) is 3.91. The van der Waals surface area contributed by atoms with Gasteiger partial charge in [0.1, 0.15) is 12.5 Å². The lowest BCUT2D eigenvalue weighted by Gasteiger charge is -2.07. The van der Waals surface area contributed by atoms with E-state index in [0.717, 1.165) is 32.7 Å². The number of fused-ring (bicyclic) bond motifs is 1. The molecule has 4 rings (SSSR count). The van der Waals surface area contributed by atoms with Gasteiger partial charge in [-0.15, -0.1) is 12.4 Å². The summed E-state index contributed by atoms with van der Waals surface area (Å²) in [5.74, 6) is -0.802. The van der Waals surface area contributed by atoms with Crippen LogP contribution in [0.5, 0.6) is 0 Å². The molecule has 1 N–H and O–H groups in total. The molecule has 2 heterocycles. The third-order valence-electron chi connectivity index (χ3n) is 4.18. The number of thiazole rings is 1. The number of hydrogen-bond acceptors (Lipinski definition) is 5. The SMILES string of the molecule is Cc1ncnc(C)c1-c1ccc2nc(NC(=O)[C@@H]3C[C@@H]3F)sc2c1.Cl. The molecule has 0 aliphatic heterocycles. The molecule has 1 aliphatic carbocycles. The van der Waals surface area contributed by atoms with Gasteiger partial charge in [0, 0.05) is 17.0 Å². The summed E-state index contributed by atoms with van der Waals surface area (Å²) in [7, 11) is 0. The fourth-order valence-electron chi connectivity index (χ4n) is 2.78. The molecule has 0 radical (unpaired) electrons. The van der Waals surface area contributed by atoms with E-state index in [1.54, 1.807) is 6.33 Å². The van der Waals surface area contributed by atoms with E-state index >= 15 is 0 Å². The summed E-state index contributed by atoms with van der Waals surface area (Å²) in [5.41, 5.74) is 4.67. The fraction of sp³-hybridized carbons (Fsp3) is 0.294. The van der Waals surface area contributed by atoms with Crippen LogP contribution in [0.3, 0.4) is 0 Å². The molecule has 1 saturated carbocycles. The molecule has 1 fully saturated rings. The predicted octanol–water partition coefficient (Wildman–Crippen LogP) is 4.09. The minimum atomic E-state index is -1.00. The number of carbonyl (C=O) groups is 1. The Morgan fingerprint density at radius 2 is 1.96 bits per heavy atom. The Balaban J connectivity index is 0.00000182. The van der Waals surface area contributed by atoms with Crippen LogP contribution in [0.25, 0.3) is 21.3 Å². The van der Waals surface area contributed by atoms with Crippen LogP contribution in [0, 0.1) is 19.8 Å². The van der Waals surface area contributed by atoms with Gasteiger partial charge in [-0.25, -0.2) is 19.3 Å². The van der Waals surface area contributed by atoms with E-state index < -0.39 is 12.1 Å². The molecule has 1 amide bonds. The maximum atomic E-state index is 13.0. The Kier molecular flexibility index (Phi) is 4.71. The minimum Gasteiger partial charge on any atom is -0.302 e. The first kappa shape index (κ1) is 17.7. The highest BCUT2D eigenvalue weighted by Crippen LogP contribution is 2.36. The van der Waals surface area contributed by atoms with Gasteiger partial charge in [0.2, 0.25) is 5.91 Å². The normalized spacial score (nSPS) is 18.7. The Labute approximate surface area is 154 Å². The number of nitrogens with zero attached hydrogens (tertiary/aromatic N) is 3. The van der Waals surface area contributed by atoms with Gasteiger partial charge in [0.05, 0.1) is 16.1 Å². The number of amides is 1. The second kappa shape index (κ2) is 6.65. The number of aryl methyl sites for hydroxylation is 2. The lowest BCUT2D eigenvalue weighted by Crippen LogP contribution is -2.14. The number of halogens is 2. The molecule has 0 bridgehead atoms. The second-order valence-electron chi connectivity index (χ2n) is 5.97. The first-order chi connectivity index (χ1) is 11.5. The first-order valence-corrected chi connectivity index (χ1v) is 8.48. The molecular formula is C17H16ClFN4OS. The van der Waals surface area contributed by atoms with Gasteiger partial charge in [-0.3, -0.25) is 4.79 Å². The number of rotatable bonds is 3. The van der Waals surface area contributed by atoms with Crippen molar-refractivity contribution >= 4 is 45.0 Å². The van der Waals surface area contributed by atoms with E-state index in [-0.39, 0.29) is 18.3 Å². The third-order valence-corrected chi connectivity index (χ3v) is 5.12. The van der Waals surface area contributed by atoms with Crippen molar-refractivity contribution in [2.24, 2.45) is 5.92 Å². The summed E-state index contributed by atoms with van der Waals surface area (Å²) in [6, 6.07) is 5.92. The molecule has 130 valence electrons. The minimum absolute atomic E-state index is 0. The van der Waals surface area contributed by atoms with Crippen molar-refractivity contribution in [2.75, 3.05) is 5.32 Å². The van der Waals surface area contributed by atoms with E-state index in [1.807, 2.05) is 32.0 Å². The van der Waals surface area contributed by atoms with Crippen molar-refractivity contribution in [1.29, 1.82) is 0 Å². The lowest BCUT2D eigenvalue weighted by atomic mass is 10.0. The second-order valence-corrected chi connectivity index (χ2v) is 7.00. The molecule has 0 saturated heterocycles. The van der Waals surface area contributed by atoms with Crippen molar-refractivity contribution in [2.45, 2.75) is 26.4 Å². The molecule has 1 aliphatic rings. The van der Waals surface area contributed by atoms with Crippen LogP contribution in [0.2, 0.25) is 0 Å². The molecule has 2 aromatic heterocycles. The van der Waals surface area contributed by atoms with Crippen LogP contribution >= 0.6 is 23.7 Å². The monoisotopic (exact) mass is 378 g/mol. The topological polar surface area (TPSA) is 67.8 Å². The summed E-state index contributed by atoms with van der Waals surface area (Å²) >= 11 is 1.39. The van der Waals surface area contributed by atoms with Crippen molar-refractivity contribution in [3.8, 4) is 11.1 Å². The standard InChI is InChI=1S/C17H15FN4OS.ClH/c1-8-15(9(2)20-7-19-8)10-3-4-13-14(5-10)24-17(21-13)22-16(23)11-6-12(11)18;/h3-5,7,11-12H,6H2,1-2H3,(H,21,22,23);1H/t11-,12+;/m1./s1. The zero-order chi connectivity index (χ0) is 16.8. The largest absolute Gasteiger partial charge is 0.302 e. The molecule has 8 heteroatoms. The van der Waals surface area contributed by atoms with Gasteiger partial charge >= 0.3 is 0 Å². The van der Waals surface area contributed by atoms with Crippen LogP contribution in [0.1, 0.15) is 17.8 Å². The quantitative estimate of drug-likeness (QED) is 0.745. The molecular weight excluding hydrogens is 363 g/mol.